The molecule has 3 rings (SSSR count). The van der Waals surface area contributed by atoms with Gasteiger partial charge in [-0.15, -0.1) is 0 Å². The van der Waals surface area contributed by atoms with Gasteiger partial charge >= 0.3 is 5.97 Å². The number of nitrogens with one attached hydrogen (secondary N) is 1. The number of pyridine rings is 1. The normalized spacial score (nSPS) is 11.1. The van der Waals surface area contributed by atoms with Crippen LogP contribution in [0.15, 0.2) is 48.7 Å². The molecule has 7 heteroatoms. The van der Waals surface area contributed by atoms with E-state index in [4.69, 9.17) is 16.3 Å². The van der Waals surface area contributed by atoms with Gasteiger partial charge in [-0.05, 0) is 49.2 Å². The van der Waals surface area contributed by atoms with E-state index in [2.05, 4.69) is 10.3 Å². The fraction of sp³-hybridized carbons (Fsp3) is 0.150. The molecule has 1 amide bonds. The third-order valence-corrected chi connectivity index (χ3v) is 4.19. The second-order valence-corrected chi connectivity index (χ2v) is 6.38. The van der Waals surface area contributed by atoms with E-state index in [0.29, 0.717) is 17.0 Å². The average molecular weight is 384 g/mol. The lowest BCUT2D eigenvalue weighted by atomic mass is 10.1. The van der Waals surface area contributed by atoms with Crippen LogP contribution < -0.4 is 5.32 Å². The third-order valence-electron chi connectivity index (χ3n) is 3.91. The highest BCUT2D eigenvalue weighted by molar-refractivity contribution is 6.31. The summed E-state index contributed by atoms with van der Waals surface area (Å²) < 4.78 is 6.74. The Kier molecular flexibility index (Phi) is 5.57. The lowest BCUT2D eigenvalue weighted by Gasteiger charge is -2.09. The number of amides is 1. The number of halogens is 1. The number of aryl methyl sites for hydroxylation is 2. The number of aromatic nitrogens is 2. The summed E-state index contributed by atoms with van der Waals surface area (Å²) in [6.07, 6.45) is 4.51. The number of fused-ring (bicyclic) bond motifs is 1. The molecule has 0 radical (unpaired) electrons. The van der Waals surface area contributed by atoms with E-state index < -0.39 is 11.9 Å². The molecule has 0 aliphatic heterocycles. The fourth-order valence-electron chi connectivity index (χ4n) is 2.52. The Hall–Kier alpha value is -3.12. The van der Waals surface area contributed by atoms with Crippen molar-refractivity contribution in [2.45, 2.75) is 13.8 Å². The van der Waals surface area contributed by atoms with Crippen LogP contribution >= 0.6 is 11.6 Å². The van der Waals surface area contributed by atoms with E-state index in [-0.39, 0.29) is 11.8 Å². The SMILES string of the molecule is Cc1ccc(C)c(NC(=O)COC(=O)/C=C/c2c(Cl)nc3ccccn23)c1. The van der Waals surface area contributed by atoms with Crippen molar-refractivity contribution in [3.8, 4) is 0 Å². The number of benzene rings is 1. The maximum Gasteiger partial charge on any atom is 0.331 e. The van der Waals surface area contributed by atoms with Crippen LogP contribution in [0.3, 0.4) is 0 Å². The maximum atomic E-state index is 12.0. The minimum atomic E-state index is -0.645. The molecule has 0 bridgehead atoms. The van der Waals surface area contributed by atoms with E-state index >= 15 is 0 Å². The van der Waals surface area contributed by atoms with Gasteiger partial charge in [-0.2, -0.15) is 0 Å². The molecule has 3 aromatic rings. The molecule has 0 unspecified atom stereocenters. The first-order valence-electron chi connectivity index (χ1n) is 8.28. The van der Waals surface area contributed by atoms with Crippen molar-refractivity contribution in [1.29, 1.82) is 0 Å². The molecule has 0 atom stereocenters. The fourth-order valence-corrected chi connectivity index (χ4v) is 2.76. The molecule has 2 heterocycles. The summed E-state index contributed by atoms with van der Waals surface area (Å²) in [5.74, 6) is -1.05. The van der Waals surface area contributed by atoms with E-state index in [1.54, 1.807) is 16.7 Å². The number of carbonyl (C=O) groups excluding carboxylic acids is 2. The lowest BCUT2D eigenvalue weighted by Crippen LogP contribution is -2.20. The number of carbonyl (C=O) groups is 2. The molecule has 138 valence electrons. The van der Waals surface area contributed by atoms with Gasteiger partial charge in [0.25, 0.3) is 5.91 Å². The first-order valence-corrected chi connectivity index (χ1v) is 8.66. The smallest absolute Gasteiger partial charge is 0.331 e. The zero-order valence-electron chi connectivity index (χ0n) is 14.9. The Morgan fingerprint density at radius 3 is 2.89 bits per heavy atom. The molecule has 27 heavy (non-hydrogen) atoms. The topological polar surface area (TPSA) is 72.7 Å². The number of imidazole rings is 1. The van der Waals surface area contributed by atoms with Crippen molar-refractivity contribution in [1.82, 2.24) is 9.38 Å². The molecule has 0 aliphatic carbocycles. The molecule has 0 fully saturated rings. The van der Waals surface area contributed by atoms with Crippen LogP contribution in [0.25, 0.3) is 11.7 Å². The summed E-state index contributed by atoms with van der Waals surface area (Å²) in [7, 11) is 0. The minimum Gasteiger partial charge on any atom is -0.452 e. The molecule has 0 spiro atoms. The van der Waals surface area contributed by atoms with Gasteiger partial charge in [0.15, 0.2) is 11.8 Å². The van der Waals surface area contributed by atoms with Crippen molar-refractivity contribution >= 4 is 40.9 Å². The van der Waals surface area contributed by atoms with Gasteiger partial charge in [0.2, 0.25) is 0 Å². The zero-order chi connectivity index (χ0) is 19.4. The van der Waals surface area contributed by atoms with Gasteiger partial charge in [-0.25, -0.2) is 9.78 Å². The van der Waals surface area contributed by atoms with Crippen molar-refractivity contribution < 1.29 is 14.3 Å². The van der Waals surface area contributed by atoms with E-state index in [0.717, 1.165) is 11.1 Å². The van der Waals surface area contributed by atoms with Crippen molar-refractivity contribution in [3.63, 3.8) is 0 Å². The molecule has 0 saturated heterocycles. The second-order valence-electron chi connectivity index (χ2n) is 6.02. The summed E-state index contributed by atoms with van der Waals surface area (Å²) in [5.41, 5.74) is 3.89. The highest BCUT2D eigenvalue weighted by Crippen LogP contribution is 2.19. The molecule has 2 aromatic heterocycles. The van der Waals surface area contributed by atoms with E-state index in [1.807, 2.05) is 44.2 Å². The van der Waals surface area contributed by atoms with E-state index in [1.165, 1.54) is 12.2 Å². The highest BCUT2D eigenvalue weighted by Gasteiger charge is 2.10. The minimum absolute atomic E-state index is 0.276. The summed E-state index contributed by atoms with van der Waals surface area (Å²) in [6.45, 7) is 3.45. The molecular weight excluding hydrogens is 366 g/mol. The number of rotatable bonds is 5. The highest BCUT2D eigenvalue weighted by atomic mass is 35.5. The predicted molar refractivity (Wildman–Crippen MR) is 105 cm³/mol. The molecule has 1 aromatic carbocycles. The molecule has 0 saturated carbocycles. The summed E-state index contributed by atoms with van der Waals surface area (Å²) in [5, 5.41) is 3.01. The quantitative estimate of drug-likeness (QED) is 0.537. The van der Waals surface area contributed by atoms with Crippen molar-refractivity contribution in [2.24, 2.45) is 0 Å². The van der Waals surface area contributed by atoms with Crippen molar-refractivity contribution in [3.05, 3.63) is 70.6 Å². The molecular formula is C20H18ClN3O3. The summed E-state index contributed by atoms with van der Waals surface area (Å²) >= 11 is 6.10. The average Bonchev–Trinajstić information content (AvgIpc) is 2.96. The first-order chi connectivity index (χ1) is 12.9. The van der Waals surface area contributed by atoms with Gasteiger partial charge in [-0.3, -0.25) is 9.20 Å². The van der Waals surface area contributed by atoms with Gasteiger partial charge in [0.05, 0.1) is 5.69 Å². The summed E-state index contributed by atoms with van der Waals surface area (Å²) in [6, 6.07) is 11.2. The number of esters is 1. The van der Waals surface area contributed by atoms with Gasteiger partial charge in [-0.1, -0.05) is 29.8 Å². The zero-order valence-corrected chi connectivity index (χ0v) is 15.7. The Bertz CT molecular complexity index is 1040. The Labute approximate surface area is 161 Å². The predicted octanol–water partition coefficient (Wildman–Crippen LogP) is 3.80. The molecule has 6 nitrogen and oxygen atoms in total. The number of nitrogens with zero attached hydrogens (tertiary/aromatic N) is 2. The van der Waals surface area contributed by atoms with Crippen LogP contribution in [0.1, 0.15) is 16.8 Å². The standard InChI is InChI=1S/C20H18ClN3O3/c1-13-6-7-14(2)15(11-13)22-18(25)12-27-19(26)9-8-16-20(21)23-17-5-3-4-10-24(16)17/h3-11H,12H2,1-2H3,(H,22,25)/b9-8+. The number of hydrogen-bond acceptors (Lipinski definition) is 4. The Balaban J connectivity index is 1.59. The molecule has 1 N–H and O–H groups in total. The van der Waals surface area contributed by atoms with Crippen LogP contribution in [0.4, 0.5) is 5.69 Å². The summed E-state index contributed by atoms with van der Waals surface area (Å²) in [4.78, 5) is 28.1. The van der Waals surface area contributed by atoms with Gasteiger partial charge < -0.3 is 10.1 Å². The van der Waals surface area contributed by atoms with Crippen LogP contribution in [-0.2, 0) is 14.3 Å². The van der Waals surface area contributed by atoms with Crippen LogP contribution in [0, 0.1) is 13.8 Å². The lowest BCUT2D eigenvalue weighted by molar-refractivity contribution is -0.142. The first kappa shape index (κ1) is 18.7. The number of hydrogen-bond donors (Lipinski definition) is 1. The van der Waals surface area contributed by atoms with E-state index in [9.17, 15) is 9.59 Å². The van der Waals surface area contributed by atoms with Crippen molar-refractivity contribution in [2.75, 3.05) is 11.9 Å². The number of anilines is 1. The van der Waals surface area contributed by atoms with Crippen LogP contribution in [-0.4, -0.2) is 27.9 Å². The monoisotopic (exact) mass is 383 g/mol. The van der Waals surface area contributed by atoms with Gasteiger partial charge in [0, 0.05) is 18.0 Å². The second kappa shape index (κ2) is 8.05. The van der Waals surface area contributed by atoms with Gasteiger partial charge in [0.1, 0.15) is 5.65 Å². The largest absolute Gasteiger partial charge is 0.452 e. The number of ether oxygens (including phenoxy) is 1. The van der Waals surface area contributed by atoms with Crippen LogP contribution in [0.5, 0.6) is 0 Å². The van der Waals surface area contributed by atoms with Crippen LogP contribution in [0.2, 0.25) is 5.15 Å². The third kappa shape index (κ3) is 4.54. The maximum absolute atomic E-state index is 12.0. The Morgan fingerprint density at radius 2 is 2.07 bits per heavy atom. The Morgan fingerprint density at radius 1 is 1.26 bits per heavy atom. The molecule has 0 aliphatic rings.